The SMILES string of the molecule is C=CC[N@@+]1(C)CC[C@@]2(c3cccc(OC)c3)C[C@H](NC(=O)c3ccc4ccccc4c3)CCC2(O)C1. The Balaban J connectivity index is 1.45. The molecule has 188 valence electrons. The van der Waals surface area contributed by atoms with Gasteiger partial charge in [-0.2, -0.15) is 0 Å². The molecule has 1 aliphatic carbocycles. The van der Waals surface area contributed by atoms with E-state index in [1.54, 1.807) is 7.11 Å². The van der Waals surface area contributed by atoms with E-state index in [4.69, 9.17) is 4.74 Å². The number of likely N-dealkylation sites (N-methyl/N-ethyl adjacent to an activating group) is 1. The Morgan fingerprint density at radius 3 is 2.72 bits per heavy atom. The molecule has 0 spiro atoms. The minimum atomic E-state index is -0.875. The lowest BCUT2D eigenvalue weighted by Crippen LogP contribution is -2.71. The van der Waals surface area contributed by atoms with Gasteiger partial charge in [0.1, 0.15) is 17.9 Å². The standard InChI is InChI=1S/C31H36N2O3/c1-4-17-33(2)18-16-30(26-10-7-11-28(20-26)36-3)21-27(14-15-31(30,35)22-33)32-29(34)25-13-12-23-8-5-6-9-24(23)19-25/h4-13,19-20,27,35H,1,14-18,21-22H2,2-3H3/p+1/t27-,30+,31?,33+/m1/s1. The molecule has 0 aromatic heterocycles. The van der Waals surface area contributed by atoms with E-state index in [0.29, 0.717) is 24.9 Å². The van der Waals surface area contributed by atoms with Crippen molar-refractivity contribution in [1.29, 1.82) is 0 Å². The van der Waals surface area contributed by atoms with Crippen LogP contribution in [0.3, 0.4) is 0 Å². The number of amides is 1. The van der Waals surface area contributed by atoms with E-state index in [1.807, 2.05) is 54.6 Å². The second kappa shape index (κ2) is 9.38. The highest BCUT2D eigenvalue weighted by Gasteiger charge is 2.61. The third kappa shape index (κ3) is 4.31. The van der Waals surface area contributed by atoms with Crippen molar-refractivity contribution in [2.45, 2.75) is 42.7 Å². The van der Waals surface area contributed by atoms with Crippen molar-refractivity contribution < 1.29 is 19.1 Å². The Labute approximate surface area is 214 Å². The summed E-state index contributed by atoms with van der Waals surface area (Å²) in [6.45, 7) is 6.40. The summed E-state index contributed by atoms with van der Waals surface area (Å²) in [6, 6.07) is 22.1. The molecule has 0 bridgehead atoms. The third-order valence-electron chi connectivity index (χ3n) is 8.65. The van der Waals surface area contributed by atoms with Crippen molar-refractivity contribution in [3.05, 3.63) is 90.5 Å². The summed E-state index contributed by atoms with van der Waals surface area (Å²) in [6.07, 6.45) is 4.87. The van der Waals surface area contributed by atoms with Gasteiger partial charge in [-0.15, -0.1) is 0 Å². The minimum Gasteiger partial charge on any atom is -0.497 e. The first-order chi connectivity index (χ1) is 17.3. The summed E-state index contributed by atoms with van der Waals surface area (Å²) < 4.78 is 6.33. The van der Waals surface area contributed by atoms with Gasteiger partial charge in [0.15, 0.2) is 0 Å². The molecule has 4 atom stereocenters. The molecule has 0 radical (unpaired) electrons. The van der Waals surface area contributed by atoms with Gasteiger partial charge >= 0.3 is 0 Å². The zero-order valence-electron chi connectivity index (χ0n) is 21.4. The quantitative estimate of drug-likeness (QED) is 0.388. The number of quaternary nitrogens is 1. The zero-order chi connectivity index (χ0) is 25.4. The summed E-state index contributed by atoms with van der Waals surface area (Å²) in [5.41, 5.74) is 0.433. The van der Waals surface area contributed by atoms with Gasteiger partial charge in [-0.25, -0.2) is 0 Å². The molecule has 2 aliphatic rings. The largest absolute Gasteiger partial charge is 0.497 e. The van der Waals surface area contributed by atoms with Crippen LogP contribution in [0, 0.1) is 0 Å². The van der Waals surface area contributed by atoms with Crippen LogP contribution in [-0.4, -0.2) is 60.9 Å². The van der Waals surface area contributed by atoms with Crippen molar-refractivity contribution >= 4 is 16.7 Å². The highest BCUT2D eigenvalue weighted by molar-refractivity contribution is 5.98. The number of hydrogen-bond acceptors (Lipinski definition) is 3. The van der Waals surface area contributed by atoms with Crippen LogP contribution in [0.1, 0.15) is 41.6 Å². The summed E-state index contributed by atoms with van der Waals surface area (Å²) in [5.74, 6) is 0.737. The van der Waals surface area contributed by atoms with Gasteiger partial charge in [0.2, 0.25) is 0 Å². The van der Waals surface area contributed by atoms with Crippen molar-refractivity contribution in [3.8, 4) is 5.75 Å². The number of carbonyl (C=O) groups excluding carboxylic acids is 1. The van der Waals surface area contributed by atoms with Crippen LogP contribution in [0.5, 0.6) is 5.75 Å². The Morgan fingerprint density at radius 1 is 1.14 bits per heavy atom. The van der Waals surface area contributed by atoms with E-state index in [-0.39, 0.29) is 11.9 Å². The normalized spacial score (nSPS) is 29.8. The van der Waals surface area contributed by atoms with Gasteiger partial charge in [0, 0.05) is 23.4 Å². The average molecular weight is 486 g/mol. The van der Waals surface area contributed by atoms with Gasteiger partial charge in [-0.1, -0.05) is 49.0 Å². The molecule has 1 amide bonds. The number of rotatable bonds is 6. The lowest BCUT2D eigenvalue weighted by molar-refractivity contribution is -0.918. The highest BCUT2D eigenvalue weighted by Crippen LogP contribution is 2.53. The van der Waals surface area contributed by atoms with Gasteiger partial charge in [-0.3, -0.25) is 4.79 Å². The van der Waals surface area contributed by atoms with Crippen LogP contribution in [0.4, 0.5) is 0 Å². The molecule has 5 nitrogen and oxygen atoms in total. The van der Waals surface area contributed by atoms with Crippen LogP contribution in [0.2, 0.25) is 0 Å². The smallest absolute Gasteiger partial charge is 0.251 e. The van der Waals surface area contributed by atoms with E-state index in [1.165, 1.54) is 0 Å². The molecule has 5 rings (SSSR count). The first-order valence-electron chi connectivity index (χ1n) is 12.9. The van der Waals surface area contributed by atoms with Crippen LogP contribution in [0.15, 0.2) is 79.4 Å². The molecule has 1 unspecified atom stereocenters. The summed E-state index contributed by atoms with van der Waals surface area (Å²) >= 11 is 0. The number of nitrogens with zero attached hydrogens (tertiary/aromatic N) is 1. The molecule has 36 heavy (non-hydrogen) atoms. The van der Waals surface area contributed by atoms with Gasteiger partial charge in [0.25, 0.3) is 5.91 Å². The number of methoxy groups -OCH3 is 1. The van der Waals surface area contributed by atoms with Gasteiger partial charge in [0.05, 0.1) is 27.2 Å². The minimum absolute atomic E-state index is 0.0216. The van der Waals surface area contributed by atoms with E-state index in [9.17, 15) is 9.90 Å². The fourth-order valence-electron chi connectivity index (χ4n) is 6.74. The second-order valence-corrected chi connectivity index (χ2v) is 11.0. The molecule has 1 saturated carbocycles. The Morgan fingerprint density at radius 2 is 1.94 bits per heavy atom. The summed E-state index contributed by atoms with van der Waals surface area (Å²) in [5, 5.41) is 17.8. The number of aliphatic hydroxyl groups is 1. The lowest BCUT2D eigenvalue weighted by atomic mass is 9.55. The fraction of sp³-hybridized carbons (Fsp3) is 0.387. The van der Waals surface area contributed by atoms with Crippen LogP contribution in [-0.2, 0) is 5.41 Å². The molecule has 1 aliphatic heterocycles. The number of fused-ring (bicyclic) bond motifs is 2. The zero-order valence-corrected chi connectivity index (χ0v) is 21.4. The van der Waals surface area contributed by atoms with Crippen molar-refractivity contribution in [3.63, 3.8) is 0 Å². The van der Waals surface area contributed by atoms with Gasteiger partial charge in [-0.05, 0) is 65.9 Å². The lowest BCUT2D eigenvalue weighted by Gasteiger charge is -2.59. The molecule has 1 heterocycles. The van der Waals surface area contributed by atoms with Crippen LogP contribution >= 0.6 is 0 Å². The summed E-state index contributed by atoms with van der Waals surface area (Å²) in [7, 11) is 3.89. The first kappa shape index (κ1) is 24.5. The van der Waals surface area contributed by atoms with E-state index in [2.05, 4.69) is 37.1 Å². The maximum Gasteiger partial charge on any atom is 0.251 e. The van der Waals surface area contributed by atoms with E-state index < -0.39 is 11.0 Å². The fourth-order valence-corrected chi connectivity index (χ4v) is 6.74. The average Bonchev–Trinajstić information content (AvgIpc) is 2.88. The van der Waals surface area contributed by atoms with Crippen molar-refractivity contribution in [1.82, 2.24) is 5.32 Å². The molecule has 5 heteroatoms. The predicted octanol–water partition coefficient (Wildman–Crippen LogP) is 4.84. The topological polar surface area (TPSA) is 58.6 Å². The molecular weight excluding hydrogens is 448 g/mol. The number of hydrogen-bond donors (Lipinski definition) is 2. The Bertz CT molecular complexity index is 1290. The monoisotopic (exact) mass is 485 g/mol. The Kier molecular flexibility index (Phi) is 6.39. The number of likely N-dealkylation sites (tertiary alicyclic amines) is 1. The predicted molar refractivity (Wildman–Crippen MR) is 144 cm³/mol. The van der Waals surface area contributed by atoms with Crippen LogP contribution < -0.4 is 10.1 Å². The highest BCUT2D eigenvalue weighted by atomic mass is 16.5. The molecule has 2 N–H and O–H groups in total. The van der Waals surface area contributed by atoms with Gasteiger partial charge < -0.3 is 19.6 Å². The number of piperidine rings is 1. The van der Waals surface area contributed by atoms with Crippen LogP contribution in [0.25, 0.3) is 10.8 Å². The molecule has 3 aromatic rings. The van der Waals surface area contributed by atoms with Crippen molar-refractivity contribution in [2.24, 2.45) is 0 Å². The van der Waals surface area contributed by atoms with Crippen molar-refractivity contribution in [2.75, 3.05) is 33.8 Å². The second-order valence-electron chi connectivity index (χ2n) is 11.0. The maximum atomic E-state index is 13.3. The number of nitrogens with one attached hydrogen (secondary N) is 1. The molecule has 3 aromatic carbocycles. The number of carbonyl (C=O) groups is 1. The third-order valence-corrected chi connectivity index (χ3v) is 8.65. The number of ether oxygens (including phenoxy) is 1. The Hall–Kier alpha value is -3.15. The molecule has 1 saturated heterocycles. The van der Waals surface area contributed by atoms with E-state index in [0.717, 1.165) is 52.5 Å². The first-order valence-corrected chi connectivity index (χ1v) is 12.9. The summed E-state index contributed by atoms with van der Waals surface area (Å²) in [4.78, 5) is 13.3. The molecule has 2 fully saturated rings. The number of benzene rings is 3. The maximum absolute atomic E-state index is 13.3. The molecular formula is C31H37N2O3+. The van der Waals surface area contributed by atoms with E-state index >= 15 is 0 Å².